The third kappa shape index (κ3) is 3.47. The summed E-state index contributed by atoms with van der Waals surface area (Å²) >= 11 is 11.5. The smallest absolute Gasteiger partial charge is 0.216 e. The van der Waals surface area contributed by atoms with E-state index < -0.39 is 0 Å². The maximum atomic E-state index is 13.9. The molecule has 4 aromatic rings. The fourth-order valence-electron chi connectivity index (χ4n) is 2.56. The van der Waals surface area contributed by atoms with Gasteiger partial charge in [-0.1, -0.05) is 35.9 Å². The van der Waals surface area contributed by atoms with Crippen molar-refractivity contribution in [1.82, 2.24) is 14.9 Å². The van der Waals surface area contributed by atoms with Gasteiger partial charge in [0.25, 0.3) is 0 Å². The Morgan fingerprint density at radius 1 is 1.07 bits per heavy atom. The lowest BCUT2D eigenvalue weighted by atomic mass is 10.1. The Hall–Kier alpha value is -3.03. The van der Waals surface area contributed by atoms with Gasteiger partial charge in [0.2, 0.25) is 4.77 Å². The zero-order valence-corrected chi connectivity index (χ0v) is 15.3. The molecule has 0 saturated carbocycles. The van der Waals surface area contributed by atoms with Crippen LogP contribution in [0.2, 0.25) is 5.02 Å². The average Bonchev–Trinajstić information content (AvgIpc) is 3.28. The third-order valence-corrected chi connectivity index (χ3v) is 4.43. The molecule has 0 bridgehead atoms. The summed E-state index contributed by atoms with van der Waals surface area (Å²) in [4.78, 5) is 0. The summed E-state index contributed by atoms with van der Waals surface area (Å²) in [7, 11) is 0. The zero-order chi connectivity index (χ0) is 18.8. The Labute approximate surface area is 163 Å². The number of nitrogens with one attached hydrogen (secondary N) is 1. The molecule has 0 amide bonds. The van der Waals surface area contributed by atoms with Gasteiger partial charge in [0, 0.05) is 5.56 Å². The van der Waals surface area contributed by atoms with Gasteiger partial charge in [-0.15, -0.1) is 0 Å². The van der Waals surface area contributed by atoms with Crippen LogP contribution in [0, 0.1) is 10.6 Å². The van der Waals surface area contributed by atoms with E-state index in [1.165, 1.54) is 17.0 Å². The molecule has 0 unspecified atom stereocenters. The largest absolute Gasteiger partial charge is 0.455 e. The average molecular weight is 399 g/mol. The van der Waals surface area contributed by atoms with Gasteiger partial charge in [-0.05, 0) is 48.6 Å². The highest BCUT2D eigenvalue weighted by Crippen LogP contribution is 2.26. The van der Waals surface area contributed by atoms with Crippen molar-refractivity contribution in [1.29, 1.82) is 0 Å². The number of aromatic amines is 1. The minimum absolute atomic E-state index is 0.307. The minimum Gasteiger partial charge on any atom is -0.455 e. The summed E-state index contributed by atoms with van der Waals surface area (Å²) in [6.45, 7) is 0. The molecule has 2 heterocycles. The molecule has 2 aromatic carbocycles. The second kappa shape index (κ2) is 7.30. The first-order valence-corrected chi connectivity index (χ1v) is 8.73. The van der Waals surface area contributed by atoms with Crippen LogP contribution in [0.1, 0.15) is 5.76 Å². The summed E-state index contributed by atoms with van der Waals surface area (Å²) in [6.07, 6.45) is 1.48. The van der Waals surface area contributed by atoms with Crippen molar-refractivity contribution in [3.05, 3.63) is 82.0 Å². The molecular weight excluding hydrogens is 387 g/mol. The van der Waals surface area contributed by atoms with Crippen molar-refractivity contribution in [3.63, 3.8) is 0 Å². The number of halogens is 2. The molecule has 8 heteroatoms. The molecule has 27 heavy (non-hydrogen) atoms. The molecule has 0 aliphatic carbocycles. The van der Waals surface area contributed by atoms with E-state index in [-0.39, 0.29) is 5.82 Å². The monoisotopic (exact) mass is 398 g/mol. The fourth-order valence-corrected chi connectivity index (χ4v) is 2.96. The second-order valence-electron chi connectivity index (χ2n) is 5.57. The normalized spacial score (nSPS) is 11.3. The van der Waals surface area contributed by atoms with Crippen LogP contribution in [0.4, 0.5) is 4.39 Å². The van der Waals surface area contributed by atoms with Crippen LogP contribution >= 0.6 is 23.8 Å². The predicted octanol–water partition coefficient (Wildman–Crippen LogP) is 5.54. The van der Waals surface area contributed by atoms with E-state index in [4.69, 9.17) is 28.2 Å². The maximum Gasteiger partial charge on any atom is 0.216 e. The summed E-state index contributed by atoms with van der Waals surface area (Å²) < 4.78 is 21.3. The van der Waals surface area contributed by atoms with Crippen LogP contribution in [0.25, 0.3) is 22.7 Å². The van der Waals surface area contributed by atoms with Crippen LogP contribution in [-0.2, 0) is 0 Å². The van der Waals surface area contributed by atoms with E-state index in [1.54, 1.807) is 36.4 Å². The molecule has 1 N–H and O–H groups in total. The first-order chi connectivity index (χ1) is 13.1. The predicted molar refractivity (Wildman–Crippen MR) is 105 cm³/mol. The summed E-state index contributed by atoms with van der Waals surface area (Å²) in [5, 5.41) is 11.8. The number of hydrogen-bond acceptors (Lipinski definition) is 4. The Kier molecular flexibility index (Phi) is 4.70. The van der Waals surface area contributed by atoms with Crippen LogP contribution in [0.3, 0.4) is 0 Å². The van der Waals surface area contributed by atoms with E-state index in [0.29, 0.717) is 38.3 Å². The van der Waals surface area contributed by atoms with Crippen molar-refractivity contribution in [2.45, 2.75) is 0 Å². The Balaban J connectivity index is 1.67. The van der Waals surface area contributed by atoms with Crippen molar-refractivity contribution in [2.24, 2.45) is 5.10 Å². The highest BCUT2D eigenvalue weighted by molar-refractivity contribution is 7.71. The topological polar surface area (TPSA) is 59.1 Å². The number of H-pyrrole nitrogens is 1. The molecule has 0 aliphatic heterocycles. The first-order valence-electron chi connectivity index (χ1n) is 7.95. The number of furan rings is 1. The fraction of sp³-hybridized carbons (Fsp3) is 0. The van der Waals surface area contributed by atoms with Gasteiger partial charge in [0.15, 0.2) is 5.82 Å². The van der Waals surface area contributed by atoms with Gasteiger partial charge in [-0.2, -0.15) is 14.9 Å². The maximum absolute atomic E-state index is 13.9. The zero-order valence-electron chi connectivity index (χ0n) is 13.8. The van der Waals surface area contributed by atoms with Crippen LogP contribution < -0.4 is 0 Å². The molecule has 0 spiro atoms. The molecule has 2 aromatic heterocycles. The quantitative estimate of drug-likeness (QED) is 0.362. The van der Waals surface area contributed by atoms with Crippen LogP contribution in [0.15, 0.2) is 70.2 Å². The lowest BCUT2D eigenvalue weighted by Crippen LogP contribution is -1.95. The van der Waals surface area contributed by atoms with E-state index in [1.807, 2.05) is 18.2 Å². The van der Waals surface area contributed by atoms with Crippen molar-refractivity contribution < 1.29 is 8.81 Å². The standard InChI is InChI=1S/C19H12ClFN4OS/c20-15-7-3-1-5-13(15)18-23-24-19(27)25(18)22-11-12-9-10-17(26-12)14-6-2-4-8-16(14)21/h1-11H,(H,24,27)/b22-11-. The van der Waals surface area contributed by atoms with Gasteiger partial charge in [-0.3, -0.25) is 0 Å². The van der Waals surface area contributed by atoms with Crippen molar-refractivity contribution in [3.8, 4) is 22.7 Å². The van der Waals surface area contributed by atoms with E-state index in [9.17, 15) is 4.39 Å². The van der Waals surface area contributed by atoms with Crippen LogP contribution in [0.5, 0.6) is 0 Å². The Morgan fingerprint density at radius 3 is 2.59 bits per heavy atom. The van der Waals surface area contributed by atoms with Gasteiger partial charge in [0.05, 0.1) is 16.8 Å². The van der Waals surface area contributed by atoms with E-state index in [2.05, 4.69) is 15.3 Å². The minimum atomic E-state index is -0.353. The van der Waals surface area contributed by atoms with Gasteiger partial charge < -0.3 is 4.42 Å². The van der Waals surface area contributed by atoms with E-state index >= 15 is 0 Å². The summed E-state index contributed by atoms with van der Waals surface area (Å²) in [5.74, 6) is 0.981. The number of benzene rings is 2. The molecule has 134 valence electrons. The molecular formula is C19H12ClFN4OS. The van der Waals surface area contributed by atoms with Gasteiger partial charge in [0.1, 0.15) is 17.3 Å². The highest BCUT2D eigenvalue weighted by atomic mass is 35.5. The lowest BCUT2D eigenvalue weighted by molar-refractivity contribution is 0.563. The van der Waals surface area contributed by atoms with Gasteiger partial charge >= 0.3 is 0 Å². The summed E-state index contributed by atoms with van der Waals surface area (Å²) in [6, 6.07) is 17.0. The van der Waals surface area contributed by atoms with Crippen molar-refractivity contribution in [2.75, 3.05) is 0 Å². The molecule has 5 nitrogen and oxygen atoms in total. The number of rotatable bonds is 4. The molecule has 0 atom stereocenters. The summed E-state index contributed by atoms with van der Waals surface area (Å²) in [5.41, 5.74) is 1.07. The number of hydrogen-bond donors (Lipinski definition) is 1. The number of nitrogens with zero attached hydrogens (tertiary/aromatic N) is 3. The number of aromatic nitrogens is 3. The first kappa shape index (κ1) is 17.4. The Morgan fingerprint density at radius 2 is 1.81 bits per heavy atom. The molecule has 0 radical (unpaired) electrons. The van der Waals surface area contributed by atoms with Gasteiger partial charge in [-0.25, -0.2) is 9.49 Å². The molecule has 0 saturated heterocycles. The molecule has 4 rings (SSSR count). The van der Waals surface area contributed by atoms with E-state index in [0.717, 1.165) is 0 Å². The van der Waals surface area contributed by atoms with Crippen LogP contribution in [-0.4, -0.2) is 21.1 Å². The molecule has 0 fully saturated rings. The second-order valence-corrected chi connectivity index (χ2v) is 6.36. The van der Waals surface area contributed by atoms with Crippen molar-refractivity contribution >= 4 is 30.0 Å². The Bertz CT molecular complexity index is 1190. The molecule has 0 aliphatic rings. The lowest BCUT2D eigenvalue weighted by Gasteiger charge is -2.02. The third-order valence-electron chi connectivity index (χ3n) is 3.83. The SMILES string of the molecule is Fc1ccccc1-c1ccc(/C=N\n2c(-c3ccccc3Cl)n[nH]c2=S)o1. The highest BCUT2D eigenvalue weighted by Gasteiger charge is 2.12.